The van der Waals surface area contributed by atoms with Gasteiger partial charge in [0, 0.05) is 41.8 Å². The number of aromatic nitrogens is 2. The van der Waals surface area contributed by atoms with Crippen molar-refractivity contribution >= 4 is 29.4 Å². The van der Waals surface area contributed by atoms with Crippen molar-refractivity contribution in [3.63, 3.8) is 0 Å². The number of rotatable bonds is 3. The summed E-state index contributed by atoms with van der Waals surface area (Å²) >= 11 is 3.57. The highest BCUT2D eigenvalue weighted by Gasteiger charge is 2.32. The summed E-state index contributed by atoms with van der Waals surface area (Å²) < 4.78 is 1.81. The van der Waals surface area contributed by atoms with E-state index in [9.17, 15) is 9.59 Å². The Morgan fingerprint density at radius 1 is 1.17 bits per heavy atom. The van der Waals surface area contributed by atoms with Crippen LogP contribution in [0, 0.1) is 0 Å². The second-order valence-electron chi connectivity index (χ2n) is 7.96. The summed E-state index contributed by atoms with van der Waals surface area (Å²) in [6.45, 7) is 1.58. The van der Waals surface area contributed by atoms with Crippen molar-refractivity contribution in [3.8, 4) is 0 Å². The predicted octanol–water partition coefficient (Wildman–Crippen LogP) is 3.48. The quantitative estimate of drug-likeness (QED) is 0.702. The Morgan fingerprint density at radius 2 is 2.03 bits per heavy atom. The van der Waals surface area contributed by atoms with Gasteiger partial charge in [-0.3, -0.25) is 14.2 Å². The maximum Gasteiger partial charge on any atom is 0.257 e. The lowest BCUT2D eigenvalue weighted by Crippen LogP contribution is -2.36. The van der Waals surface area contributed by atoms with E-state index >= 15 is 0 Å². The number of aryl methyl sites for hydroxylation is 1. The fourth-order valence-electron chi connectivity index (χ4n) is 4.59. The Morgan fingerprint density at radius 3 is 2.90 bits per heavy atom. The first kappa shape index (κ1) is 19.2. The first-order valence-electron chi connectivity index (χ1n) is 10.4. The van der Waals surface area contributed by atoms with Gasteiger partial charge in [-0.25, -0.2) is 4.98 Å². The first-order valence-corrected chi connectivity index (χ1v) is 12.5. The van der Waals surface area contributed by atoms with Crippen LogP contribution in [0.2, 0.25) is 0 Å². The molecule has 0 spiro atoms. The molecule has 2 atom stereocenters. The molecule has 29 heavy (non-hydrogen) atoms. The third-order valence-corrected chi connectivity index (χ3v) is 8.57. The Labute approximate surface area is 179 Å². The van der Waals surface area contributed by atoms with Gasteiger partial charge in [0.1, 0.15) is 0 Å². The van der Waals surface area contributed by atoms with E-state index in [2.05, 4.69) is 24.3 Å². The number of hydrogen-bond donors (Lipinski definition) is 0. The van der Waals surface area contributed by atoms with Gasteiger partial charge in [0.05, 0.1) is 11.7 Å². The number of amides is 1. The number of benzene rings is 1. The summed E-state index contributed by atoms with van der Waals surface area (Å²) in [5.41, 5.74) is 3.31. The van der Waals surface area contributed by atoms with Crippen molar-refractivity contribution in [1.82, 2.24) is 14.5 Å². The van der Waals surface area contributed by atoms with Crippen LogP contribution in [-0.4, -0.2) is 45.0 Å². The largest absolute Gasteiger partial charge is 0.342 e. The topological polar surface area (TPSA) is 55.2 Å². The summed E-state index contributed by atoms with van der Waals surface area (Å²) in [5, 5.41) is 1.26. The van der Waals surface area contributed by atoms with E-state index in [1.54, 1.807) is 11.8 Å². The van der Waals surface area contributed by atoms with E-state index in [4.69, 9.17) is 4.98 Å². The van der Waals surface area contributed by atoms with E-state index in [1.807, 2.05) is 27.3 Å². The summed E-state index contributed by atoms with van der Waals surface area (Å²) in [6, 6.07) is 10.5. The van der Waals surface area contributed by atoms with E-state index < -0.39 is 0 Å². The first-order chi connectivity index (χ1) is 14.2. The smallest absolute Gasteiger partial charge is 0.257 e. The SMILES string of the molecule is O=C(CC1CSc2nc3c(c(=O)n21)CCC3)N1CCSC(c2ccccc2)CC1. The van der Waals surface area contributed by atoms with E-state index in [-0.39, 0.29) is 17.5 Å². The molecule has 1 saturated heterocycles. The van der Waals surface area contributed by atoms with Crippen LogP contribution in [0.3, 0.4) is 0 Å². The molecule has 0 radical (unpaired) electrons. The molecular weight excluding hydrogens is 402 g/mol. The number of carbonyl (C=O) groups is 1. The van der Waals surface area contributed by atoms with Gasteiger partial charge in [-0.15, -0.1) is 0 Å². The summed E-state index contributed by atoms with van der Waals surface area (Å²) in [6.07, 6.45) is 4.14. The minimum atomic E-state index is -0.0609. The zero-order valence-electron chi connectivity index (χ0n) is 16.4. The van der Waals surface area contributed by atoms with E-state index in [0.29, 0.717) is 11.7 Å². The Balaban J connectivity index is 1.27. The van der Waals surface area contributed by atoms with Crippen molar-refractivity contribution in [3.05, 3.63) is 57.5 Å². The molecule has 1 aromatic heterocycles. The highest BCUT2D eigenvalue weighted by Crippen LogP contribution is 2.36. The van der Waals surface area contributed by atoms with E-state index in [0.717, 1.165) is 66.7 Å². The molecule has 3 heterocycles. The van der Waals surface area contributed by atoms with Crippen molar-refractivity contribution in [1.29, 1.82) is 0 Å². The molecule has 2 aromatic rings. The lowest BCUT2D eigenvalue weighted by molar-refractivity contribution is -0.131. The lowest BCUT2D eigenvalue weighted by atomic mass is 10.1. The Bertz CT molecular complexity index is 976. The summed E-state index contributed by atoms with van der Waals surface area (Å²) in [4.78, 5) is 32.8. The van der Waals surface area contributed by atoms with Crippen molar-refractivity contribution in [2.24, 2.45) is 0 Å². The van der Waals surface area contributed by atoms with Gasteiger partial charge < -0.3 is 4.90 Å². The predicted molar refractivity (Wildman–Crippen MR) is 118 cm³/mol. The number of fused-ring (bicyclic) bond motifs is 2. The molecule has 5 rings (SSSR count). The number of hydrogen-bond acceptors (Lipinski definition) is 5. The monoisotopic (exact) mass is 427 g/mol. The minimum Gasteiger partial charge on any atom is -0.342 e. The van der Waals surface area contributed by atoms with Crippen LogP contribution < -0.4 is 5.56 Å². The van der Waals surface area contributed by atoms with Crippen molar-refractivity contribution in [2.75, 3.05) is 24.6 Å². The number of nitrogens with zero attached hydrogens (tertiary/aromatic N) is 3. The van der Waals surface area contributed by atoms with Gasteiger partial charge >= 0.3 is 0 Å². The molecule has 152 valence electrons. The molecule has 7 heteroatoms. The van der Waals surface area contributed by atoms with Gasteiger partial charge in [0.2, 0.25) is 5.91 Å². The van der Waals surface area contributed by atoms with Gasteiger partial charge in [-0.2, -0.15) is 11.8 Å². The van der Waals surface area contributed by atoms with Crippen LogP contribution in [0.5, 0.6) is 0 Å². The molecule has 5 nitrogen and oxygen atoms in total. The van der Waals surface area contributed by atoms with Crippen LogP contribution in [-0.2, 0) is 17.6 Å². The molecule has 2 unspecified atom stereocenters. The average Bonchev–Trinajstić information content (AvgIpc) is 3.29. The molecule has 0 saturated carbocycles. The minimum absolute atomic E-state index is 0.0609. The normalized spacial score (nSPS) is 23.5. The molecule has 1 aromatic carbocycles. The molecule has 1 aliphatic carbocycles. The molecule has 0 N–H and O–H groups in total. The zero-order valence-corrected chi connectivity index (χ0v) is 18.0. The van der Waals surface area contributed by atoms with Crippen LogP contribution in [0.4, 0.5) is 0 Å². The maximum atomic E-state index is 13.1. The van der Waals surface area contributed by atoms with Gasteiger partial charge in [0.25, 0.3) is 5.56 Å². The third-order valence-electron chi connectivity index (χ3n) is 6.15. The van der Waals surface area contributed by atoms with Gasteiger partial charge in [-0.05, 0) is 31.2 Å². The van der Waals surface area contributed by atoms with Crippen LogP contribution >= 0.6 is 23.5 Å². The molecule has 0 bridgehead atoms. The zero-order chi connectivity index (χ0) is 19.8. The van der Waals surface area contributed by atoms with Crippen LogP contribution in [0.1, 0.15) is 47.4 Å². The summed E-state index contributed by atoms with van der Waals surface area (Å²) in [5.74, 6) is 1.90. The lowest BCUT2D eigenvalue weighted by Gasteiger charge is -2.23. The number of thioether (sulfide) groups is 2. The average molecular weight is 428 g/mol. The number of carbonyl (C=O) groups excluding carboxylic acids is 1. The van der Waals surface area contributed by atoms with Crippen molar-refractivity contribution < 1.29 is 4.79 Å². The van der Waals surface area contributed by atoms with E-state index in [1.165, 1.54) is 5.56 Å². The fraction of sp³-hybridized carbons (Fsp3) is 0.500. The van der Waals surface area contributed by atoms with Gasteiger partial charge in [0.15, 0.2) is 5.16 Å². The summed E-state index contributed by atoms with van der Waals surface area (Å²) in [7, 11) is 0. The van der Waals surface area contributed by atoms with Crippen LogP contribution in [0.15, 0.2) is 40.3 Å². The highest BCUT2D eigenvalue weighted by atomic mass is 32.2. The fourth-order valence-corrected chi connectivity index (χ4v) is 6.97. The Kier molecular flexibility index (Phi) is 5.43. The molecule has 2 aliphatic heterocycles. The van der Waals surface area contributed by atoms with Gasteiger partial charge in [-0.1, -0.05) is 42.1 Å². The van der Waals surface area contributed by atoms with Crippen LogP contribution in [0.25, 0.3) is 0 Å². The van der Waals surface area contributed by atoms with Crippen molar-refractivity contribution in [2.45, 2.75) is 48.6 Å². The maximum absolute atomic E-state index is 13.1. The third kappa shape index (κ3) is 3.75. The molecular formula is C22H25N3O2S2. The standard InChI is InChI=1S/C22H25N3O2S2/c26-20(24-10-9-19(28-12-11-24)15-5-2-1-3-6-15)13-16-14-29-22-23-18-8-4-7-17(18)21(27)25(16)22/h1-3,5-6,16,19H,4,7-14H2. The highest BCUT2D eigenvalue weighted by molar-refractivity contribution is 7.99. The molecule has 1 fully saturated rings. The second kappa shape index (κ2) is 8.19. The second-order valence-corrected chi connectivity index (χ2v) is 10.3. The Hall–Kier alpha value is -1.73. The molecule has 3 aliphatic rings. The molecule has 1 amide bonds.